The molecule has 0 aliphatic carbocycles. The highest BCUT2D eigenvalue weighted by Gasteiger charge is 2.19. The first-order valence-electron chi connectivity index (χ1n) is 7.94. The first-order valence-corrected chi connectivity index (χ1v) is 8.82. The van der Waals surface area contributed by atoms with Gasteiger partial charge in [0.25, 0.3) is 0 Å². The number of pyridine rings is 1. The van der Waals surface area contributed by atoms with Crippen LogP contribution in [0, 0.1) is 0 Å². The maximum atomic E-state index is 4.52. The fraction of sp³-hybridized carbons (Fsp3) is 0.353. The first kappa shape index (κ1) is 14.5. The summed E-state index contributed by atoms with van der Waals surface area (Å²) in [4.78, 5) is 18.9. The minimum Gasteiger partial charge on any atom is -0.353 e. The van der Waals surface area contributed by atoms with Gasteiger partial charge in [0.2, 0.25) is 0 Å². The second-order valence-electron chi connectivity index (χ2n) is 5.77. The van der Waals surface area contributed by atoms with Gasteiger partial charge in [0, 0.05) is 45.1 Å². The minimum atomic E-state index is 1.03. The van der Waals surface area contributed by atoms with Crippen LogP contribution in [-0.2, 0) is 6.42 Å². The number of nitrogens with zero attached hydrogens (tertiary/aromatic N) is 5. The van der Waals surface area contributed by atoms with E-state index < -0.39 is 0 Å². The first-order chi connectivity index (χ1) is 11.4. The molecule has 3 aromatic heterocycles. The molecule has 3 aromatic rings. The lowest BCUT2D eigenvalue weighted by molar-refractivity contribution is 0.260. The Balaban J connectivity index is 1.37. The molecule has 5 nitrogen and oxygen atoms in total. The van der Waals surface area contributed by atoms with Crippen molar-refractivity contribution in [2.45, 2.75) is 6.42 Å². The average Bonchev–Trinajstić information content (AvgIpc) is 3.10. The standard InChI is InChI=1S/C17H19N5S/c1-5-18-6-2-14(1)3-7-21-8-10-22(11-9-21)16-15-4-12-23-17(15)20-13-19-16/h1-2,4-6,12-13H,3,7-11H2. The van der Waals surface area contributed by atoms with Gasteiger partial charge in [-0.15, -0.1) is 11.3 Å². The number of fused-ring (bicyclic) bond motifs is 1. The zero-order valence-corrected chi connectivity index (χ0v) is 13.7. The van der Waals surface area contributed by atoms with Gasteiger partial charge in [-0.05, 0) is 35.6 Å². The summed E-state index contributed by atoms with van der Waals surface area (Å²) in [6, 6.07) is 6.33. The molecule has 1 saturated heterocycles. The molecule has 0 aromatic carbocycles. The van der Waals surface area contributed by atoms with Crippen LogP contribution in [0.4, 0.5) is 5.82 Å². The van der Waals surface area contributed by atoms with Gasteiger partial charge in [-0.25, -0.2) is 9.97 Å². The molecule has 0 radical (unpaired) electrons. The number of hydrogen-bond acceptors (Lipinski definition) is 6. The number of hydrogen-bond donors (Lipinski definition) is 0. The molecule has 23 heavy (non-hydrogen) atoms. The number of aromatic nitrogens is 3. The van der Waals surface area contributed by atoms with Crippen LogP contribution < -0.4 is 4.90 Å². The Morgan fingerprint density at radius 2 is 1.83 bits per heavy atom. The highest BCUT2D eigenvalue weighted by molar-refractivity contribution is 7.16. The van der Waals surface area contributed by atoms with E-state index in [1.807, 2.05) is 12.4 Å². The lowest BCUT2D eigenvalue weighted by atomic mass is 10.2. The summed E-state index contributed by atoms with van der Waals surface area (Å²) in [7, 11) is 0. The summed E-state index contributed by atoms with van der Waals surface area (Å²) < 4.78 is 0. The van der Waals surface area contributed by atoms with Crippen molar-refractivity contribution < 1.29 is 0 Å². The third kappa shape index (κ3) is 3.18. The van der Waals surface area contributed by atoms with Crippen LogP contribution in [-0.4, -0.2) is 52.6 Å². The third-order valence-corrected chi connectivity index (χ3v) is 5.20. The molecule has 0 atom stereocenters. The van der Waals surface area contributed by atoms with E-state index in [0.29, 0.717) is 0 Å². The summed E-state index contributed by atoms with van der Waals surface area (Å²) in [5.74, 6) is 1.09. The van der Waals surface area contributed by atoms with Gasteiger partial charge in [0.05, 0.1) is 5.39 Å². The molecular weight excluding hydrogens is 306 g/mol. The predicted octanol–water partition coefficient (Wildman–Crippen LogP) is 2.45. The summed E-state index contributed by atoms with van der Waals surface area (Å²) >= 11 is 1.68. The number of thiophene rings is 1. The fourth-order valence-corrected chi connectivity index (χ4v) is 3.78. The van der Waals surface area contributed by atoms with E-state index in [9.17, 15) is 0 Å². The van der Waals surface area contributed by atoms with E-state index in [1.54, 1.807) is 17.7 Å². The van der Waals surface area contributed by atoms with Gasteiger partial charge in [-0.1, -0.05) is 0 Å². The Morgan fingerprint density at radius 1 is 1.00 bits per heavy atom. The molecule has 0 bridgehead atoms. The van der Waals surface area contributed by atoms with Gasteiger partial charge in [-0.3, -0.25) is 9.88 Å². The molecule has 6 heteroatoms. The van der Waals surface area contributed by atoms with E-state index >= 15 is 0 Å². The minimum absolute atomic E-state index is 1.03. The van der Waals surface area contributed by atoms with Gasteiger partial charge in [0.1, 0.15) is 17.0 Å². The molecule has 4 rings (SSSR count). The van der Waals surface area contributed by atoms with Crippen LogP contribution >= 0.6 is 11.3 Å². The maximum Gasteiger partial charge on any atom is 0.140 e. The monoisotopic (exact) mass is 325 g/mol. The number of rotatable bonds is 4. The molecule has 118 valence electrons. The van der Waals surface area contributed by atoms with Gasteiger partial charge >= 0.3 is 0 Å². The highest BCUT2D eigenvalue weighted by atomic mass is 32.1. The number of piperazine rings is 1. The van der Waals surface area contributed by atoms with Crippen molar-refractivity contribution in [2.75, 3.05) is 37.6 Å². The number of anilines is 1. The SMILES string of the molecule is c1cc(CCN2CCN(c3ncnc4sccc34)CC2)ccn1. The highest BCUT2D eigenvalue weighted by Crippen LogP contribution is 2.27. The van der Waals surface area contributed by atoms with Crippen molar-refractivity contribution >= 4 is 27.4 Å². The molecule has 0 amide bonds. The Labute approximate surface area is 139 Å². The molecule has 0 unspecified atom stereocenters. The molecule has 0 spiro atoms. The lowest BCUT2D eigenvalue weighted by Gasteiger charge is -2.35. The molecule has 4 heterocycles. The van der Waals surface area contributed by atoms with Gasteiger partial charge < -0.3 is 4.90 Å². The average molecular weight is 325 g/mol. The zero-order chi connectivity index (χ0) is 15.5. The summed E-state index contributed by atoms with van der Waals surface area (Å²) in [6.45, 7) is 5.33. The smallest absolute Gasteiger partial charge is 0.140 e. The van der Waals surface area contributed by atoms with Gasteiger partial charge in [0.15, 0.2) is 0 Å². The second kappa shape index (κ2) is 6.60. The Hall–Kier alpha value is -2.05. The molecule has 0 N–H and O–H groups in total. The zero-order valence-electron chi connectivity index (χ0n) is 12.9. The Morgan fingerprint density at radius 3 is 2.65 bits per heavy atom. The van der Waals surface area contributed by atoms with Crippen LogP contribution in [0.25, 0.3) is 10.2 Å². The van der Waals surface area contributed by atoms with E-state index in [-0.39, 0.29) is 0 Å². The summed E-state index contributed by atoms with van der Waals surface area (Å²) in [5.41, 5.74) is 1.36. The molecule has 1 fully saturated rings. The van der Waals surface area contributed by atoms with E-state index in [4.69, 9.17) is 0 Å². The molecular formula is C17H19N5S. The Kier molecular flexibility index (Phi) is 4.17. The quantitative estimate of drug-likeness (QED) is 0.737. The van der Waals surface area contributed by atoms with Crippen LogP contribution in [0.3, 0.4) is 0 Å². The van der Waals surface area contributed by atoms with Crippen molar-refractivity contribution in [3.8, 4) is 0 Å². The predicted molar refractivity (Wildman–Crippen MR) is 94.0 cm³/mol. The second-order valence-corrected chi connectivity index (χ2v) is 6.67. The fourth-order valence-electron chi connectivity index (χ4n) is 3.05. The van der Waals surface area contributed by atoms with Crippen molar-refractivity contribution in [3.63, 3.8) is 0 Å². The van der Waals surface area contributed by atoms with Crippen LogP contribution in [0.2, 0.25) is 0 Å². The Bertz CT molecular complexity index is 765. The normalized spacial score (nSPS) is 16.1. The third-order valence-electron chi connectivity index (χ3n) is 4.38. The van der Waals surface area contributed by atoms with Crippen LogP contribution in [0.15, 0.2) is 42.3 Å². The van der Waals surface area contributed by atoms with Crippen LogP contribution in [0.1, 0.15) is 5.56 Å². The lowest BCUT2D eigenvalue weighted by Crippen LogP contribution is -2.47. The van der Waals surface area contributed by atoms with Crippen molar-refractivity contribution in [1.82, 2.24) is 19.9 Å². The molecule has 1 aliphatic heterocycles. The van der Waals surface area contributed by atoms with Crippen molar-refractivity contribution in [2.24, 2.45) is 0 Å². The van der Waals surface area contributed by atoms with Gasteiger partial charge in [-0.2, -0.15) is 0 Å². The van der Waals surface area contributed by atoms with Crippen molar-refractivity contribution in [1.29, 1.82) is 0 Å². The van der Waals surface area contributed by atoms with E-state index in [2.05, 4.69) is 48.3 Å². The largest absolute Gasteiger partial charge is 0.353 e. The molecule has 0 saturated carbocycles. The molecule has 1 aliphatic rings. The topological polar surface area (TPSA) is 45.2 Å². The van der Waals surface area contributed by atoms with E-state index in [0.717, 1.165) is 49.8 Å². The summed E-state index contributed by atoms with van der Waals surface area (Å²) in [6.07, 6.45) is 6.51. The van der Waals surface area contributed by atoms with Crippen LogP contribution in [0.5, 0.6) is 0 Å². The summed E-state index contributed by atoms with van der Waals surface area (Å²) in [5, 5.41) is 3.27. The van der Waals surface area contributed by atoms with E-state index in [1.165, 1.54) is 10.9 Å². The van der Waals surface area contributed by atoms with Crippen molar-refractivity contribution in [3.05, 3.63) is 47.9 Å². The maximum absolute atomic E-state index is 4.52.